The molecule has 0 aliphatic carbocycles. The van der Waals surface area contributed by atoms with Gasteiger partial charge in [-0.05, 0) is 36.8 Å². The maximum Gasteiger partial charge on any atom is 0.272 e. The Bertz CT molecular complexity index is 932. The SMILES string of the molecule is C/C(=N/N=C(N)N)c1ccc(NC(=O)c2cc3ccccc3[nH]2)cc1. The van der Waals surface area contributed by atoms with E-state index in [9.17, 15) is 4.79 Å². The van der Waals surface area contributed by atoms with Crippen LogP contribution < -0.4 is 16.8 Å². The molecule has 2 aromatic carbocycles. The van der Waals surface area contributed by atoms with Crippen molar-refractivity contribution in [1.29, 1.82) is 0 Å². The standard InChI is InChI=1S/C18H18N6O/c1-11(23-24-18(19)20)12-6-8-14(9-7-12)21-17(25)16-10-13-4-2-3-5-15(13)22-16/h2-10,22H,1H3,(H,21,25)(H4,19,20,24)/b23-11-. The van der Waals surface area contributed by atoms with Crippen molar-refractivity contribution < 1.29 is 4.79 Å². The molecule has 1 amide bonds. The molecule has 0 saturated carbocycles. The first-order valence-corrected chi connectivity index (χ1v) is 7.65. The van der Waals surface area contributed by atoms with E-state index in [1.165, 1.54) is 0 Å². The van der Waals surface area contributed by atoms with E-state index in [0.29, 0.717) is 17.1 Å². The number of nitrogens with two attached hydrogens (primary N) is 2. The molecule has 0 aliphatic rings. The summed E-state index contributed by atoms with van der Waals surface area (Å²) in [7, 11) is 0. The van der Waals surface area contributed by atoms with Crippen LogP contribution >= 0.6 is 0 Å². The van der Waals surface area contributed by atoms with Gasteiger partial charge in [0.05, 0.1) is 5.71 Å². The number of para-hydroxylation sites is 1. The Hall–Kier alpha value is -3.61. The van der Waals surface area contributed by atoms with E-state index >= 15 is 0 Å². The molecule has 3 aromatic rings. The molecule has 6 N–H and O–H groups in total. The summed E-state index contributed by atoms with van der Waals surface area (Å²) >= 11 is 0. The largest absolute Gasteiger partial charge is 0.369 e. The number of hydrogen-bond donors (Lipinski definition) is 4. The maximum absolute atomic E-state index is 12.4. The van der Waals surface area contributed by atoms with Crippen LogP contribution in [0.1, 0.15) is 23.0 Å². The fourth-order valence-corrected chi connectivity index (χ4v) is 2.38. The summed E-state index contributed by atoms with van der Waals surface area (Å²) in [6.45, 7) is 1.80. The Morgan fingerprint density at radius 1 is 1.04 bits per heavy atom. The van der Waals surface area contributed by atoms with E-state index in [1.807, 2.05) is 42.5 Å². The van der Waals surface area contributed by atoms with Crippen LogP contribution in [0.3, 0.4) is 0 Å². The van der Waals surface area contributed by atoms with Gasteiger partial charge in [-0.3, -0.25) is 4.79 Å². The molecule has 25 heavy (non-hydrogen) atoms. The molecule has 3 rings (SSSR count). The smallest absolute Gasteiger partial charge is 0.272 e. The average Bonchev–Trinajstić information content (AvgIpc) is 3.04. The first kappa shape index (κ1) is 16.3. The van der Waals surface area contributed by atoms with Crippen molar-refractivity contribution in [3.05, 3.63) is 65.9 Å². The summed E-state index contributed by atoms with van der Waals surface area (Å²) in [4.78, 5) is 15.5. The Labute approximate surface area is 144 Å². The molecule has 126 valence electrons. The van der Waals surface area contributed by atoms with Crippen LogP contribution in [0.5, 0.6) is 0 Å². The van der Waals surface area contributed by atoms with Crippen LogP contribution in [0.4, 0.5) is 5.69 Å². The highest BCUT2D eigenvalue weighted by atomic mass is 16.1. The van der Waals surface area contributed by atoms with Gasteiger partial charge in [-0.2, -0.15) is 5.10 Å². The van der Waals surface area contributed by atoms with Crippen molar-refractivity contribution in [3.8, 4) is 0 Å². The first-order chi connectivity index (χ1) is 12.0. The minimum absolute atomic E-state index is 0.0958. The van der Waals surface area contributed by atoms with E-state index < -0.39 is 0 Å². The summed E-state index contributed by atoms with van der Waals surface area (Å²) < 4.78 is 0. The number of benzene rings is 2. The summed E-state index contributed by atoms with van der Waals surface area (Å²) in [5, 5.41) is 11.4. The first-order valence-electron chi connectivity index (χ1n) is 7.65. The Balaban J connectivity index is 1.73. The lowest BCUT2D eigenvalue weighted by Gasteiger charge is -2.05. The number of fused-ring (bicyclic) bond motifs is 1. The van der Waals surface area contributed by atoms with E-state index in [2.05, 4.69) is 20.5 Å². The predicted molar refractivity (Wildman–Crippen MR) is 101 cm³/mol. The molecule has 0 radical (unpaired) electrons. The molecule has 7 heteroatoms. The number of carbonyl (C=O) groups excluding carboxylic acids is 1. The van der Waals surface area contributed by atoms with Gasteiger partial charge >= 0.3 is 0 Å². The zero-order valence-electron chi connectivity index (χ0n) is 13.7. The van der Waals surface area contributed by atoms with E-state index in [4.69, 9.17) is 11.5 Å². The second kappa shape index (κ2) is 6.88. The predicted octanol–water partition coefficient (Wildman–Crippen LogP) is 2.42. The Kier molecular flexibility index (Phi) is 4.47. The summed E-state index contributed by atoms with van der Waals surface area (Å²) in [6.07, 6.45) is 0. The van der Waals surface area contributed by atoms with Gasteiger partial charge in [0, 0.05) is 16.6 Å². The van der Waals surface area contributed by atoms with Gasteiger partial charge in [-0.1, -0.05) is 30.3 Å². The Morgan fingerprint density at radius 2 is 1.76 bits per heavy atom. The van der Waals surface area contributed by atoms with Crippen molar-refractivity contribution in [2.45, 2.75) is 6.92 Å². The number of rotatable bonds is 4. The third kappa shape index (κ3) is 3.84. The highest BCUT2D eigenvalue weighted by Gasteiger charge is 2.09. The molecule has 7 nitrogen and oxygen atoms in total. The van der Waals surface area contributed by atoms with Gasteiger partial charge in [0.1, 0.15) is 5.69 Å². The lowest BCUT2D eigenvalue weighted by Crippen LogP contribution is -2.22. The minimum atomic E-state index is -0.199. The van der Waals surface area contributed by atoms with Crippen molar-refractivity contribution in [1.82, 2.24) is 4.98 Å². The summed E-state index contributed by atoms with van der Waals surface area (Å²) in [6, 6.07) is 16.8. The number of nitrogens with zero attached hydrogens (tertiary/aromatic N) is 2. The molecule has 0 fully saturated rings. The number of hydrogen-bond acceptors (Lipinski definition) is 3. The number of H-pyrrole nitrogens is 1. The monoisotopic (exact) mass is 334 g/mol. The van der Waals surface area contributed by atoms with Crippen LogP contribution in [-0.2, 0) is 0 Å². The van der Waals surface area contributed by atoms with Gasteiger partial charge in [0.2, 0.25) is 5.96 Å². The lowest BCUT2D eigenvalue weighted by molar-refractivity contribution is 0.102. The fourth-order valence-electron chi connectivity index (χ4n) is 2.38. The van der Waals surface area contributed by atoms with E-state index in [1.54, 1.807) is 19.1 Å². The lowest BCUT2D eigenvalue weighted by atomic mass is 10.1. The van der Waals surface area contributed by atoms with Gasteiger partial charge in [0.25, 0.3) is 5.91 Å². The number of amides is 1. The van der Waals surface area contributed by atoms with E-state index in [-0.39, 0.29) is 11.9 Å². The summed E-state index contributed by atoms with van der Waals surface area (Å²) in [5.74, 6) is -0.295. The van der Waals surface area contributed by atoms with Gasteiger partial charge < -0.3 is 21.8 Å². The van der Waals surface area contributed by atoms with Crippen LogP contribution in [0.2, 0.25) is 0 Å². The molecule has 1 aromatic heterocycles. The third-order valence-corrected chi connectivity index (χ3v) is 3.65. The number of guanidine groups is 1. The normalized spacial score (nSPS) is 11.3. The quantitative estimate of drug-likeness (QED) is 0.333. The molecule has 0 aliphatic heterocycles. The second-order valence-electron chi connectivity index (χ2n) is 5.51. The molecular weight excluding hydrogens is 316 g/mol. The summed E-state index contributed by atoms with van der Waals surface area (Å²) in [5.41, 5.74) is 14.1. The number of aromatic amines is 1. The molecule has 1 heterocycles. The highest BCUT2D eigenvalue weighted by molar-refractivity contribution is 6.06. The van der Waals surface area contributed by atoms with Crippen LogP contribution in [0, 0.1) is 0 Å². The maximum atomic E-state index is 12.4. The van der Waals surface area contributed by atoms with Crippen molar-refractivity contribution in [3.63, 3.8) is 0 Å². The van der Waals surface area contributed by atoms with Crippen molar-refractivity contribution in [2.75, 3.05) is 5.32 Å². The topological polar surface area (TPSA) is 122 Å². The van der Waals surface area contributed by atoms with Crippen molar-refractivity contribution in [2.24, 2.45) is 21.7 Å². The molecule has 0 unspecified atom stereocenters. The molecular formula is C18H18N6O. The fraction of sp³-hybridized carbons (Fsp3) is 0.0556. The van der Waals surface area contributed by atoms with Crippen LogP contribution in [0.25, 0.3) is 10.9 Å². The Morgan fingerprint density at radius 3 is 2.44 bits per heavy atom. The minimum Gasteiger partial charge on any atom is -0.369 e. The number of aromatic nitrogens is 1. The average molecular weight is 334 g/mol. The second-order valence-corrected chi connectivity index (χ2v) is 5.51. The molecule has 0 spiro atoms. The zero-order valence-corrected chi connectivity index (χ0v) is 13.7. The third-order valence-electron chi connectivity index (χ3n) is 3.65. The zero-order chi connectivity index (χ0) is 17.8. The van der Waals surface area contributed by atoms with Crippen LogP contribution in [0.15, 0.2) is 64.8 Å². The molecule has 0 atom stereocenters. The van der Waals surface area contributed by atoms with Crippen LogP contribution in [-0.4, -0.2) is 22.6 Å². The number of anilines is 1. The highest BCUT2D eigenvalue weighted by Crippen LogP contribution is 2.17. The van der Waals surface area contributed by atoms with Gasteiger partial charge in [-0.15, -0.1) is 5.10 Å². The van der Waals surface area contributed by atoms with E-state index in [0.717, 1.165) is 16.5 Å². The molecule has 0 saturated heterocycles. The number of nitrogens with one attached hydrogen (secondary N) is 2. The molecule has 0 bridgehead atoms. The van der Waals surface area contributed by atoms with Gasteiger partial charge in [0.15, 0.2) is 0 Å². The van der Waals surface area contributed by atoms with Gasteiger partial charge in [-0.25, -0.2) is 0 Å². The number of carbonyl (C=O) groups is 1. The van der Waals surface area contributed by atoms with Crippen molar-refractivity contribution >= 4 is 34.2 Å².